The Labute approximate surface area is 87.6 Å². The molecular weight excluding hydrogens is 211 g/mol. The maximum atomic E-state index is 10.9. The minimum Gasteiger partial charge on any atom is -0.311 e. The fourth-order valence-corrected chi connectivity index (χ4v) is 1.35. The van der Waals surface area contributed by atoms with E-state index in [4.69, 9.17) is 9.05 Å². The summed E-state index contributed by atoms with van der Waals surface area (Å²) in [6.45, 7) is 5.25. The Morgan fingerprint density at radius 2 is 1.38 bits per heavy atom. The molecule has 13 heavy (non-hydrogen) atoms. The summed E-state index contributed by atoms with van der Waals surface area (Å²) >= 11 is 0. The minimum absolute atomic E-state index is 0. The van der Waals surface area contributed by atoms with Crippen molar-refractivity contribution >= 4 is 20.7 Å². The van der Waals surface area contributed by atoms with Gasteiger partial charge < -0.3 is 9.05 Å². The van der Waals surface area contributed by atoms with Gasteiger partial charge in [0.25, 0.3) is 0 Å². The third kappa shape index (κ3) is 12.4. The molecule has 0 heterocycles. The highest BCUT2D eigenvalue weighted by atomic mass is 35.5. The molecule has 0 radical (unpaired) electrons. The van der Waals surface area contributed by atoms with Gasteiger partial charge in [-0.2, -0.15) is 0 Å². The zero-order chi connectivity index (χ0) is 9.23. The fraction of sp³-hybridized carbons (Fsp3) is 1.00. The number of halogens is 1. The van der Waals surface area contributed by atoms with Gasteiger partial charge in [-0.1, -0.05) is 26.7 Å². The van der Waals surface area contributed by atoms with Gasteiger partial charge in [0.15, 0.2) is 0 Å². The van der Waals surface area contributed by atoms with Gasteiger partial charge in [-0.05, 0) is 12.8 Å². The molecule has 0 fully saturated rings. The van der Waals surface area contributed by atoms with E-state index in [0.717, 1.165) is 25.7 Å². The lowest BCUT2D eigenvalue weighted by atomic mass is 10.4. The first-order valence-electron chi connectivity index (χ1n) is 4.60. The van der Waals surface area contributed by atoms with Crippen LogP contribution >= 0.6 is 20.7 Å². The summed E-state index contributed by atoms with van der Waals surface area (Å²) in [5, 5.41) is 0. The van der Waals surface area contributed by atoms with Crippen LogP contribution in [-0.2, 0) is 13.6 Å². The third-order valence-electron chi connectivity index (χ3n) is 1.44. The minimum atomic E-state index is -2.18. The molecule has 0 amide bonds. The van der Waals surface area contributed by atoms with Crippen molar-refractivity contribution < 1.29 is 13.6 Å². The molecule has 0 aromatic heterocycles. The summed E-state index contributed by atoms with van der Waals surface area (Å²) in [5.74, 6) is 0. The van der Waals surface area contributed by atoms with Crippen molar-refractivity contribution in [3.05, 3.63) is 0 Å². The molecule has 5 heteroatoms. The Morgan fingerprint density at radius 3 is 1.69 bits per heavy atom. The van der Waals surface area contributed by atoms with Crippen LogP contribution in [0.1, 0.15) is 39.5 Å². The summed E-state index contributed by atoms with van der Waals surface area (Å²) in [6.07, 6.45) is 4.02. The van der Waals surface area contributed by atoms with E-state index in [9.17, 15) is 4.57 Å². The molecule has 0 aliphatic heterocycles. The van der Waals surface area contributed by atoms with Crippen LogP contribution in [0.3, 0.4) is 0 Å². The molecule has 0 aromatic rings. The molecule has 0 rings (SSSR count). The molecule has 0 saturated heterocycles. The van der Waals surface area contributed by atoms with Crippen LogP contribution in [0.25, 0.3) is 0 Å². The second-order valence-electron chi connectivity index (χ2n) is 2.65. The summed E-state index contributed by atoms with van der Waals surface area (Å²) < 4.78 is 20.8. The van der Waals surface area contributed by atoms with Gasteiger partial charge in [0.2, 0.25) is 0 Å². The van der Waals surface area contributed by atoms with Crippen molar-refractivity contribution in [2.45, 2.75) is 39.5 Å². The predicted molar refractivity (Wildman–Crippen MR) is 58.0 cm³/mol. The van der Waals surface area contributed by atoms with Crippen molar-refractivity contribution in [2.75, 3.05) is 13.2 Å². The first-order valence-corrected chi connectivity index (χ1v) is 5.83. The highest BCUT2D eigenvalue weighted by Gasteiger charge is 1.97. The molecule has 0 atom stereocenters. The van der Waals surface area contributed by atoms with E-state index in [-0.39, 0.29) is 12.4 Å². The van der Waals surface area contributed by atoms with Gasteiger partial charge >= 0.3 is 8.25 Å². The Balaban J connectivity index is 0. The Kier molecular flexibility index (Phi) is 15.2. The van der Waals surface area contributed by atoms with Gasteiger partial charge in [-0.3, -0.25) is 4.57 Å². The third-order valence-corrected chi connectivity index (χ3v) is 2.32. The lowest BCUT2D eigenvalue weighted by Crippen LogP contribution is -1.90. The average Bonchev–Trinajstić information content (AvgIpc) is 2.06. The summed E-state index contributed by atoms with van der Waals surface area (Å²) in [6, 6.07) is 0. The predicted octanol–water partition coefficient (Wildman–Crippen LogP) is 3.43. The van der Waals surface area contributed by atoms with Crippen LogP contribution in [0.4, 0.5) is 0 Å². The fourth-order valence-electron chi connectivity index (χ4n) is 0.641. The van der Waals surface area contributed by atoms with Gasteiger partial charge in [0.1, 0.15) is 0 Å². The van der Waals surface area contributed by atoms with Crippen molar-refractivity contribution in [2.24, 2.45) is 0 Å². The molecule has 82 valence electrons. The molecular formula is C8H20ClO3P. The maximum Gasteiger partial charge on any atom is 0.319 e. The lowest BCUT2D eigenvalue weighted by Gasteiger charge is -2.03. The summed E-state index contributed by atoms with van der Waals surface area (Å²) in [5.41, 5.74) is 0. The van der Waals surface area contributed by atoms with Gasteiger partial charge in [0, 0.05) is 0 Å². The summed E-state index contributed by atoms with van der Waals surface area (Å²) in [4.78, 5) is 0. The maximum absolute atomic E-state index is 10.9. The van der Waals surface area contributed by atoms with Crippen LogP contribution < -0.4 is 0 Å². The van der Waals surface area contributed by atoms with Gasteiger partial charge in [-0.15, -0.1) is 12.4 Å². The monoisotopic (exact) mass is 230 g/mol. The van der Waals surface area contributed by atoms with E-state index in [0.29, 0.717) is 13.2 Å². The van der Waals surface area contributed by atoms with Crippen LogP contribution in [0, 0.1) is 0 Å². The highest BCUT2D eigenvalue weighted by molar-refractivity contribution is 7.33. The van der Waals surface area contributed by atoms with Gasteiger partial charge in [-0.25, -0.2) is 0 Å². The summed E-state index contributed by atoms with van der Waals surface area (Å²) in [7, 11) is -2.18. The topological polar surface area (TPSA) is 35.5 Å². The Bertz CT molecular complexity index is 110. The number of hydrogen-bond acceptors (Lipinski definition) is 3. The molecule has 0 aromatic carbocycles. The van der Waals surface area contributed by atoms with Crippen molar-refractivity contribution in [3.63, 3.8) is 0 Å². The van der Waals surface area contributed by atoms with Crippen molar-refractivity contribution in [1.82, 2.24) is 0 Å². The second kappa shape index (κ2) is 12.4. The molecule has 0 N–H and O–H groups in total. The number of hydrogen-bond donors (Lipinski definition) is 0. The van der Waals surface area contributed by atoms with E-state index in [1.165, 1.54) is 0 Å². The molecule has 0 unspecified atom stereocenters. The van der Waals surface area contributed by atoms with Crippen LogP contribution in [0.15, 0.2) is 0 Å². The molecule has 0 aliphatic rings. The van der Waals surface area contributed by atoms with E-state index >= 15 is 0 Å². The van der Waals surface area contributed by atoms with Crippen molar-refractivity contribution in [1.29, 1.82) is 0 Å². The van der Waals surface area contributed by atoms with E-state index in [1.54, 1.807) is 0 Å². The molecule has 0 bridgehead atoms. The quantitative estimate of drug-likeness (QED) is 0.473. The highest BCUT2D eigenvalue weighted by Crippen LogP contribution is 2.24. The van der Waals surface area contributed by atoms with E-state index in [1.807, 2.05) is 0 Å². The van der Waals surface area contributed by atoms with Crippen LogP contribution in [0.5, 0.6) is 0 Å². The van der Waals surface area contributed by atoms with Crippen LogP contribution in [-0.4, -0.2) is 13.2 Å². The normalized spacial score (nSPS) is 10.1. The second-order valence-corrected chi connectivity index (χ2v) is 3.73. The largest absolute Gasteiger partial charge is 0.319 e. The zero-order valence-corrected chi connectivity index (χ0v) is 10.2. The molecule has 0 spiro atoms. The smallest absolute Gasteiger partial charge is 0.311 e. The standard InChI is InChI=1S/C8H19O3P.ClH/c1-3-5-7-10-12(9)11-8-6-4-2;/h12H,3-8H2,1-2H3;1H. The molecule has 3 nitrogen and oxygen atoms in total. The zero-order valence-electron chi connectivity index (χ0n) is 8.38. The van der Waals surface area contributed by atoms with Gasteiger partial charge in [0.05, 0.1) is 13.2 Å². The Morgan fingerprint density at radius 1 is 1.00 bits per heavy atom. The SMILES string of the molecule is CCCCO[PH](=O)OCCCC.Cl. The first kappa shape index (κ1) is 15.9. The van der Waals surface area contributed by atoms with Crippen LogP contribution in [0.2, 0.25) is 0 Å². The van der Waals surface area contributed by atoms with Crippen molar-refractivity contribution in [3.8, 4) is 0 Å². The lowest BCUT2D eigenvalue weighted by molar-refractivity contribution is 0.221. The molecule has 0 saturated carbocycles. The number of unbranched alkanes of at least 4 members (excludes halogenated alkanes) is 2. The van der Waals surface area contributed by atoms with E-state index in [2.05, 4.69) is 13.8 Å². The first-order chi connectivity index (χ1) is 5.81. The van der Waals surface area contributed by atoms with E-state index < -0.39 is 8.25 Å². The molecule has 0 aliphatic carbocycles. The number of rotatable bonds is 8. The average molecular weight is 231 g/mol. The Hall–Kier alpha value is 0.440.